The maximum atomic E-state index is 11.5. The van der Waals surface area contributed by atoms with Gasteiger partial charge in [0.2, 0.25) is 6.39 Å². The van der Waals surface area contributed by atoms with Crippen molar-refractivity contribution in [3.8, 4) is 0 Å². The normalized spacial score (nSPS) is 11.1. The molecule has 0 radical (unpaired) electrons. The highest BCUT2D eigenvalue weighted by atomic mass is 16.5. The molecule has 0 amide bonds. The molecule has 1 aromatic heterocycles. The van der Waals surface area contributed by atoms with E-state index in [1.165, 1.54) is 6.39 Å². The lowest BCUT2D eigenvalue weighted by atomic mass is 10.0. The lowest BCUT2D eigenvalue weighted by Crippen LogP contribution is -2.10. The average molecular weight is 447 g/mol. The molecular formula is C28H21N3O3. The van der Waals surface area contributed by atoms with Crippen molar-refractivity contribution >= 4 is 40.5 Å². The molecule has 0 aliphatic carbocycles. The maximum Gasteiger partial charge on any atom is 0.327 e. The molecule has 0 saturated heterocycles. The van der Waals surface area contributed by atoms with Gasteiger partial charge < -0.3 is 9.15 Å². The van der Waals surface area contributed by atoms with Gasteiger partial charge in [-0.1, -0.05) is 59.7 Å². The third-order valence-electron chi connectivity index (χ3n) is 5.44. The number of aromatic nitrogens is 2. The van der Waals surface area contributed by atoms with Crippen LogP contribution < -0.4 is 4.90 Å². The molecule has 6 nitrogen and oxygen atoms in total. The number of hydrogen-bond donors (Lipinski definition) is 0. The molecule has 4 aromatic carbocycles. The first kappa shape index (κ1) is 21.2. The molecule has 0 aliphatic heterocycles. The predicted molar refractivity (Wildman–Crippen MR) is 132 cm³/mol. The molecule has 0 N–H and O–H groups in total. The van der Waals surface area contributed by atoms with Crippen molar-refractivity contribution in [3.63, 3.8) is 0 Å². The van der Waals surface area contributed by atoms with Crippen LogP contribution in [0.15, 0.2) is 108 Å². The van der Waals surface area contributed by atoms with Crippen molar-refractivity contribution < 1.29 is 13.9 Å². The maximum absolute atomic E-state index is 11.5. The van der Waals surface area contributed by atoms with Crippen LogP contribution in [-0.2, 0) is 11.3 Å². The Labute approximate surface area is 196 Å². The summed E-state index contributed by atoms with van der Waals surface area (Å²) in [4.78, 5) is 13.4. The summed E-state index contributed by atoms with van der Waals surface area (Å²) in [5.74, 6) is 0. The fraction of sp³-hybridized carbons (Fsp3) is 0.0357. The predicted octanol–water partition coefficient (Wildman–Crippen LogP) is 6.69. The molecule has 1 heterocycles. The Morgan fingerprint density at radius 3 is 2.26 bits per heavy atom. The summed E-state index contributed by atoms with van der Waals surface area (Å²) in [7, 11) is 0. The Kier molecular flexibility index (Phi) is 6.12. The first-order chi connectivity index (χ1) is 16.8. The molecule has 0 atom stereocenters. The second kappa shape index (κ2) is 9.83. The molecule has 166 valence electrons. The number of nitrogens with zero attached hydrogens (tertiary/aromatic N) is 3. The molecule has 0 bridgehead atoms. The van der Waals surface area contributed by atoms with Gasteiger partial charge in [0.15, 0.2) is 0 Å². The summed E-state index contributed by atoms with van der Waals surface area (Å²) in [6.45, 7) is 0.312. The van der Waals surface area contributed by atoms with Crippen LogP contribution in [0.3, 0.4) is 0 Å². The van der Waals surface area contributed by atoms with E-state index in [1.54, 1.807) is 6.26 Å². The average Bonchev–Trinajstić information content (AvgIpc) is 3.42. The van der Waals surface area contributed by atoms with Crippen molar-refractivity contribution in [2.75, 3.05) is 4.90 Å². The summed E-state index contributed by atoms with van der Waals surface area (Å²) in [5, 5.41) is 9.99. The summed E-state index contributed by atoms with van der Waals surface area (Å²) in [5.41, 5.74) is 4.27. The second-order valence-corrected chi connectivity index (χ2v) is 7.61. The van der Waals surface area contributed by atoms with E-state index in [2.05, 4.69) is 10.2 Å². The standard InChI is InChI=1S/C28H21N3O3/c32-18-24-16-22-6-4-5-7-23(22)17-25(24)19-33-15-14-21-10-12-27(13-11-21)31(28-30-29-20-34-28)26-8-2-1-3-9-26/h1-18,20H,19H2/b15-14-. The van der Waals surface area contributed by atoms with E-state index in [-0.39, 0.29) is 0 Å². The Hall–Kier alpha value is -4.71. The highest BCUT2D eigenvalue weighted by molar-refractivity contribution is 5.90. The van der Waals surface area contributed by atoms with Crippen molar-refractivity contribution in [1.29, 1.82) is 0 Å². The summed E-state index contributed by atoms with van der Waals surface area (Å²) >= 11 is 0. The number of para-hydroxylation sites is 1. The van der Waals surface area contributed by atoms with E-state index in [0.717, 1.165) is 39.6 Å². The minimum atomic E-state index is 0.312. The highest BCUT2D eigenvalue weighted by Crippen LogP contribution is 2.32. The molecule has 5 rings (SSSR count). The van der Waals surface area contributed by atoms with Gasteiger partial charge in [-0.25, -0.2) is 0 Å². The van der Waals surface area contributed by atoms with Crippen LogP contribution in [0.25, 0.3) is 16.8 Å². The van der Waals surface area contributed by atoms with Gasteiger partial charge in [0.05, 0.1) is 17.6 Å². The second-order valence-electron chi connectivity index (χ2n) is 7.61. The van der Waals surface area contributed by atoms with Gasteiger partial charge >= 0.3 is 6.01 Å². The monoisotopic (exact) mass is 447 g/mol. The van der Waals surface area contributed by atoms with Gasteiger partial charge in [-0.15, -0.1) is 5.10 Å². The SMILES string of the molecule is O=Cc1cc2ccccc2cc1CO/C=C\c1ccc(N(c2ccccc2)c2nnco2)cc1. The van der Waals surface area contributed by atoms with Gasteiger partial charge in [-0.2, -0.15) is 0 Å². The lowest BCUT2D eigenvalue weighted by molar-refractivity contribution is 0.112. The van der Waals surface area contributed by atoms with Gasteiger partial charge in [0, 0.05) is 11.1 Å². The van der Waals surface area contributed by atoms with Crippen LogP contribution in [0, 0.1) is 0 Å². The number of anilines is 3. The van der Waals surface area contributed by atoms with E-state index in [9.17, 15) is 4.79 Å². The first-order valence-electron chi connectivity index (χ1n) is 10.8. The van der Waals surface area contributed by atoms with Gasteiger partial charge in [0.1, 0.15) is 12.9 Å². The number of carbonyl (C=O) groups is 1. The van der Waals surface area contributed by atoms with Crippen molar-refractivity contribution in [1.82, 2.24) is 10.2 Å². The number of benzene rings is 4. The Bertz CT molecular complexity index is 1410. The van der Waals surface area contributed by atoms with Crippen LogP contribution >= 0.6 is 0 Å². The minimum Gasteiger partial charge on any atom is -0.496 e. The number of ether oxygens (including phenoxy) is 1. The first-order valence-corrected chi connectivity index (χ1v) is 10.8. The van der Waals surface area contributed by atoms with E-state index in [0.29, 0.717) is 18.2 Å². The minimum absolute atomic E-state index is 0.312. The summed E-state index contributed by atoms with van der Waals surface area (Å²) in [6, 6.07) is 30.0. The molecule has 0 saturated carbocycles. The summed E-state index contributed by atoms with van der Waals surface area (Å²) < 4.78 is 11.2. The van der Waals surface area contributed by atoms with Gasteiger partial charge in [-0.05, 0) is 58.8 Å². The van der Waals surface area contributed by atoms with Crippen LogP contribution in [-0.4, -0.2) is 16.5 Å². The molecule has 0 spiro atoms. The quantitative estimate of drug-likeness (QED) is 0.195. The van der Waals surface area contributed by atoms with Crippen LogP contribution in [0.4, 0.5) is 17.4 Å². The molecule has 0 fully saturated rings. The van der Waals surface area contributed by atoms with Gasteiger partial charge in [-0.3, -0.25) is 9.69 Å². The van der Waals surface area contributed by atoms with E-state index in [1.807, 2.05) is 102 Å². The number of rotatable bonds is 8. The van der Waals surface area contributed by atoms with Crippen LogP contribution in [0.5, 0.6) is 0 Å². The Morgan fingerprint density at radius 2 is 1.56 bits per heavy atom. The topological polar surface area (TPSA) is 68.5 Å². The Balaban J connectivity index is 1.29. The Morgan fingerprint density at radius 1 is 0.853 bits per heavy atom. The fourth-order valence-corrected chi connectivity index (χ4v) is 3.75. The van der Waals surface area contributed by atoms with Crippen LogP contribution in [0.1, 0.15) is 21.5 Å². The van der Waals surface area contributed by atoms with E-state index < -0.39 is 0 Å². The lowest BCUT2D eigenvalue weighted by Gasteiger charge is -2.20. The largest absolute Gasteiger partial charge is 0.496 e. The fourth-order valence-electron chi connectivity index (χ4n) is 3.75. The van der Waals surface area contributed by atoms with Crippen molar-refractivity contribution in [3.05, 3.63) is 120 Å². The number of aldehydes is 1. The van der Waals surface area contributed by atoms with E-state index in [4.69, 9.17) is 9.15 Å². The number of fused-ring (bicyclic) bond motifs is 1. The molecular weight excluding hydrogens is 426 g/mol. The van der Waals surface area contributed by atoms with E-state index >= 15 is 0 Å². The smallest absolute Gasteiger partial charge is 0.327 e. The molecule has 34 heavy (non-hydrogen) atoms. The zero-order valence-electron chi connectivity index (χ0n) is 18.2. The zero-order valence-corrected chi connectivity index (χ0v) is 18.2. The third kappa shape index (κ3) is 4.56. The molecule has 0 unspecified atom stereocenters. The number of hydrogen-bond acceptors (Lipinski definition) is 6. The van der Waals surface area contributed by atoms with Crippen LogP contribution in [0.2, 0.25) is 0 Å². The highest BCUT2D eigenvalue weighted by Gasteiger charge is 2.16. The molecule has 6 heteroatoms. The summed E-state index contributed by atoms with van der Waals surface area (Å²) in [6.07, 6.45) is 5.71. The molecule has 0 aliphatic rings. The zero-order chi connectivity index (χ0) is 23.2. The van der Waals surface area contributed by atoms with Crippen molar-refractivity contribution in [2.24, 2.45) is 0 Å². The number of carbonyl (C=O) groups excluding carboxylic acids is 1. The third-order valence-corrected chi connectivity index (χ3v) is 5.44. The van der Waals surface area contributed by atoms with Crippen molar-refractivity contribution in [2.45, 2.75) is 6.61 Å². The van der Waals surface area contributed by atoms with Gasteiger partial charge in [0.25, 0.3) is 0 Å². The molecule has 5 aromatic rings.